The Morgan fingerprint density at radius 3 is 2.53 bits per heavy atom. The van der Waals surface area contributed by atoms with Crippen LogP contribution >= 0.6 is 0 Å². The van der Waals surface area contributed by atoms with Gasteiger partial charge in [-0.1, -0.05) is 38.1 Å². The number of esters is 1. The van der Waals surface area contributed by atoms with Gasteiger partial charge >= 0.3 is 17.7 Å². The van der Waals surface area contributed by atoms with Crippen molar-refractivity contribution in [3.8, 4) is 6.01 Å². The fourth-order valence-corrected chi connectivity index (χ4v) is 5.34. The van der Waals surface area contributed by atoms with Gasteiger partial charge in [-0.3, -0.25) is 19.8 Å². The fraction of sp³-hybridized carbons (Fsp3) is 0.593. The molecule has 11 nitrogen and oxygen atoms in total. The van der Waals surface area contributed by atoms with Crippen molar-refractivity contribution in [2.45, 2.75) is 65.6 Å². The van der Waals surface area contributed by atoms with Crippen molar-refractivity contribution < 1.29 is 19.2 Å². The molecular formula is C27H38N6O5. The number of rotatable bonds is 11. The summed E-state index contributed by atoms with van der Waals surface area (Å²) >= 11 is 0. The number of ether oxygens (including phenoxy) is 2. The molecule has 1 aliphatic carbocycles. The number of hydrogen-bond donors (Lipinski definition) is 1. The number of nitrogens with two attached hydrogens (primary N) is 1. The highest BCUT2D eigenvalue weighted by Gasteiger charge is 2.33. The van der Waals surface area contributed by atoms with Gasteiger partial charge < -0.3 is 20.1 Å². The van der Waals surface area contributed by atoms with Crippen LogP contribution in [0.15, 0.2) is 24.3 Å². The lowest BCUT2D eigenvalue weighted by Crippen LogP contribution is -2.32. The van der Waals surface area contributed by atoms with Crippen LogP contribution in [0.1, 0.15) is 57.6 Å². The van der Waals surface area contributed by atoms with E-state index in [4.69, 9.17) is 15.2 Å². The van der Waals surface area contributed by atoms with E-state index in [0.29, 0.717) is 11.8 Å². The molecule has 0 amide bonds. The molecule has 2 fully saturated rings. The van der Waals surface area contributed by atoms with Gasteiger partial charge in [-0.25, -0.2) is 0 Å². The summed E-state index contributed by atoms with van der Waals surface area (Å²) in [5.74, 6) is 0.0967. The molecule has 11 heteroatoms. The maximum atomic E-state index is 12.6. The molecule has 1 aromatic carbocycles. The predicted molar refractivity (Wildman–Crippen MR) is 144 cm³/mol. The van der Waals surface area contributed by atoms with Crippen LogP contribution in [0.4, 0.5) is 17.3 Å². The Morgan fingerprint density at radius 2 is 1.87 bits per heavy atom. The third kappa shape index (κ3) is 6.89. The second kappa shape index (κ2) is 12.4. The van der Waals surface area contributed by atoms with Crippen molar-refractivity contribution in [3.05, 3.63) is 45.5 Å². The lowest BCUT2D eigenvalue weighted by atomic mass is 10.0. The topological polar surface area (TPSA) is 137 Å². The molecule has 1 aromatic heterocycles. The van der Waals surface area contributed by atoms with E-state index in [1.54, 1.807) is 6.92 Å². The monoisotopic (exact) mass is 526 g/mol. The maximum absolute atomic E-state index is 12.6. The van der Waals surface area contributed by atoms with Crippen LogP contribution in [0.3, 0.4) is 0 Å². The van der Waals surface area contributed by atoms with Gasteiger partial charge in [0.25, 0.3) is 0 Å². The van der Waals surface area contributed by atoms with Gasteiger partial charge in [0, 0.05) is 13.1 Å². The van der Waals surface area contributed by atoms with Gasteiger partial charge in [-0.2, -0.15) is 9.97 Å². The summed E-state index contributed by atoms with van der Waals surface area (Å²) in [5.41, 5.74) is 7.64. The molecule has 2 aliphatic rings. The first kappa shape index (κ1) is 27.6. The number of likely N-dealkylation sites (tertiary alicyclic amines) is 1. The summed E-state index contributed by atoms with van der Waals surface area (Å²) < 4.78 is 11.2. The number of nitrogen functional groups attached to an aromatic ring is 1. The molecular weight excluding hydrogens is 488 g/mol. The molecule has 2 aromatic rings. The van der Waals surface area contributed by atoms with Gasteiger partial charge in [0.2, 0.25) is 11.6 Å². The first-order chi connectivity index (χ1) is 18.2. The van der Waals surface area contributed by atoms with E-state index in [1.165, 1.54) is 17.7 Å². The summed E-state index contributed by atoms with van der Waals surface area (Å²) in [4.78, 5) is 36.5. The van der Waals surface area contributed by atoms with Gasteiger partial charge in [0.15, 0.2) is 0 Å². The molecule has 1 saturated carbocycles. The smallest absolute Gasteiger partial charge is 0.353 e. The van der Waals surface area contributed by atoms with Crippen LogP contribution in [-0.4, -0.2) is 58.1 Å². The van der Waals surface area contributed by atoms with E-state index in [-0.39, 0.29) is 43.4 Å². The van der Waals surface area contributed by atoms with Gasteiger partial charge in [0.05, 0.1) is 11.5 Å². The maximum Gasteiger partial charge on any atom is 0.353 e. The SMILES string of the molecule is CCOC(=O)CN(Cc1cccc(CN2CCCC2)c1)c1nc(OC2C[C@@H](C)[C@@H](C)C2)nc(N)c1[N+](=O)[O-]. The summed E-state index contributed by atoms with van der Waals surface area (Å²) in [6.45, 7) is 9.19. The number of aromatic nitrogens is 2. The zero-order valence-corrected chi connectivity index (χ0v) is 22.5. The van der Waals surface area contributed by atoms with Crippen LogP contribution in [-0.2, 0) is 22.6 Å². The van der Waals surface area contributed by atoms with E-state index in [2.05, 4.69) is 40.8 Å². The predicted octanol–water partition coefficient (Wildman–Crippen LogP) is 3.95. The first-order valence-electron chi connectivity index (χ1n) is 13.4. The zero-order valence-electron chi connectivity index (χ0n) is 22.5. The Morgan fingerprint density at radius 1 is 1.18 bits per heavy atom. The quantitative estimate of drug-likeness (QED) is 0.260. The summed E-state index contributed by atoms with van der Waals surface area (Å²) in [5, 5.41) is 12.1. The Bertz CT molecular complexity index is 1130. The summed E-state index contributed by atoms with van der Waals surface area (Å²) in [7, 11) is 0. The molecule has 2 N–H and O–H groups in total. The first-order valence-corrected chi connectivity index (χ1v) is 13.4. The number of nitro groups is 1. The Labute approximate surface area is 223 Å². The van der Waals surface area contributed by atoms with Crippen LogP contribution in [0, 0.1) is 22.0 Å². The lowest BCUT2D eigenvalue weighted by molar-refractivity contribution is -0.383. The Balaban J connectivity index is 1.65. The van der Waals surface area contributed by atoms with Crippen LogP contribution in [0.25, 0.3) is 0 Å². The number of hydrogen-bond acceptors (Lipinski definition) is 10. The lowest BCUT2D eigenvalue weighted by Gasteiger charge is -2.24. The summed E-state index contributed by atoms with van der Waals surface area (Å²) in [6.07, 6.45) is 3.98. The Hall–Kier alpha value is -3.47. The highest BCUT2D eigenvalue weighted by Crippen LogP contribution is 2.37. The van der Waals surface area contributed by atoms with Crippen molar-refractivity contribution in [3.63, 3.8) is 0 Å². The third-order valence-electron chi connectivity index (χ3n) is 7.46. The molecule has 1 aliphatic heterocycles. The number of anilines is 2. The number of nitrogens with zero attached hydrogens (tertiary/aromatic N) is 5. The normalized spacial score (nSPS) is 21.4. The molecule has 1 unspecified atom stereocenters. The van der Waals surface area contributed by atoms with Crippen molar-refractivity contribution in [2.75, 3.05) is 36.9 Å². The molecule has 2 heterocycles. The standard InChI is InChI=1S/C27H38N6O5/c1-4-37-23(34)17-32(16-21-9-7-8-20(14-21)15-31-10-5-6-11-31)26-24(33(35)36)25(28)29-27(30-26)38-22-12-18(2)19(3)13-22/h7-9,14,18-19,22H,4-6,10-13,15-17H2,1-3H3,(H2,28,29,30)/t18-,19+,22?. The highest BCUT2D eigenvalue weighted by molar-refractivity contribution is 5.78. The third-order valence-corrected chi connectivity index (χ3v) is 7.46. The Kier molecular flexibility index (Phi) is 8.98. The number of benzene rings is 1. The van der Waals surface area contributed by atoms with Gasteiger partial charge in [-0.05, 0) is 68.7 Å². The molecule has 0 spiro atoms. The molecule has 206 valence electrons. The van der Waals surface area contributed by atoms with E-state index < -0.39 is 16.6 Å². The van der Waals surface area contributed by atoms with E-state index >= 15 is 0 Å². The summed E-state index contributed by atoms with van der Waals surface area (Å²) in [6, 6.07) is 8.00. The molecule has 3 atom stereocenters. The van der Waals surface area contributed by atoms with Crippen molar-refractivity contribution in [2.24, 2.45) is 11.8 Å². The minimum absolute atomic E-state index is 0.0222. The number of carbonyl (C=O) groups excluding carboxylic acids is 1. The molecule has 4 rings (SSSR count). The average Bonchev–Trinajstić information content (AvgIpc) is 3.47. The van der Waals surface area contributed by atoms with Crippen LogP contribution < -0.4 is 15.4 Å². The largest absolute Gasteiger partial charge is 0.465 e. The number of carbonyl (C=O) groups is 1. The van der Waals surface area contributed by atoms with E-state index in [0.717, 1.165) is 43.6 Å². The molecule has 0 bridgehead atoms. The fourth-order valence-electron chi connectivity index (χ4n) is 5.34. The average molecular weight is 527 g/mol. The van der Waals surface area contributed by atoms with E-state index in [9.17, 15) is 14.9 Å². The molecule has 38 heavy (non-hydrogen) atoms. The second-order valence-corrected chi connectivity index (χ2v) is 10.5. The van der Waals surface area contributed by atoms with E-state index in [1.807, 2.05) is 12.1 Å². The minimum Gasteiger partial charge on any atom is -0.465 e. The van der Waals surface area contributed by atoms with Crippen molar-refractivity contribution in [1.29, 1.82) is 0 Å². The zero-order chi connectivity index (χ0) is 27.2. The van der Waals surface area contributed by atoms with Gasteiger partial charge in [0.1, 0.15) is 12.6 Å². The van der Waals surface area contributed by atoms with Crippen LogP contribution in [0.5, 0.6) is 6.01 Å². The minimum atomic E-state index is -0.615. The van der Waals surface area contributed by atoms with Gasteiger partial charge in [-0.15, -0.1) is 0 Å². The highest BCUT2D eigenvalue weighted by atomic mass is 16.6. The van der Waals surface area contributed by atoms with Crippen molar-refractivity contribution in [1.82, 2.24) is 14.9 Å². The molecule has 1 saturated heterocycles. The van der Waals surface area contributed by atoms with Crippen LogP contribution in [0.2, 0.25) is 0 Å². The van der Waals surface area contributed by atoms with Crippen molar-refractivity contribution >= 4 is 23.3 Å². The second-order valence-electron chi connectivity index (χ2n) is 10.5. The molecule has 0 radical (unpaired) electrons.